The molecule has 0 radical (unpaired) electrons. The van der Waals surface area contributed by atoms with Crippen molar-refractivity contribution in [2.24, 2.45) is 0 Å². The van der Waals surface area contributed by atoms with E-state index in [4.69, 9.17) is 21.1 Å². The first-order valence-electron chi connectivity index (χ1n) is 10.5. The number of nitrogens with one attached hydrogen (secondary N) is 3. The van der Waals surface area contributed by atoms with Gasteiger partial charge in [0.05, 0.1) is 54.1 Å². The standard InChI is InChI=1S/C24H21ClFN5O3/c1-33-17-7-6-15-20(30-17)13(8-9-27-15)21-22(29-16-5-3-4-14(25)23(16)34-2)18-19(31-21)12(10-26)11-28-24(18)32/h3-9,12,29,31H,10-11H2,1-2H3,(H,28,32)/t12-/m0/s1. The van der Waals surface area contributed by atoms with Gasteiger partial charge in [-0.15, -0.1) is 0 Å². The number of fused-ring (bicyclic) bond motifs is 2. The molecule has 1 atom stereocenters. The van der Waals surface area contributed by atoms with E-state index in [0.29, 0.717) is 61.6 Å². The molecule has 0 saturated carbocycles. The summed E-state index contributed by atoms with van der Waals surface area (Å²) in [7, 11) is 3.05. The van der Waals surface area contributed by atoms with Crippen molar-refractivity contribution in [3.63, 3.8) is 0 Å². The highest BCUT2D eigenvalue weighted by atomic mass is 35.5. The summed E-state index contributed by atoms with van der Waals surface area (Å²) < 4.78 is 24.7. The summed E-state index contributed by atoms with van der Waals surface area (Å²) in [5, 5.41) is 6.49. The molecule has 1 aromatic carbocycles. The third-order valence-corrected chi connectivity index (χ3v) is 6.12. The van der Waals surface area contributed by atoms with Crippen LogP contribution in [0.15, 0.2) is 42.6 Å². The van der Waals surface area contributed by atoms with Crippen LogP contribution < -0.4 is 20.1 Å². The molecule has 5 rings (SSSR count). The van der Waals surface area contributed by atoms with Crippen LogP contribution >= 0.6 is 11.6 Å². The molecule has 1 amide bonds. The predicted octanol–water partition coefficient (Wildman–Crippen LogP) is 4.84. The fraction of sp³-hybridized carbons (Fsp3) is 0.208. The molecule has 1 aliphatic heterocycles. The topological polar surface area (TPSA) is 101 Å². The summed E-state index contributed by atoms with van der Waals surface area (Å²) in [6.07, 6.45) is 1.65. The maximum atomic E-state index is 13.9. The van der Waals surface area contributed by atoms with E-state index in [1.165, 1.54) is 14.2 Å². The van der Waals surface area contributed by atoms with Crippen molar-refractivity contribution in [2.45, 2.75) is 5.92 Å². The number of nitrogens with zero attached hydrogens (tertiary/aromatic N) is 2. The number of ether oxygens (including phenoxy) is 2. The zero-order chi connectivity index (χ0) is 23.8. The van der Waals surface area contributed by atoms with Crippen LogP contribution in [0.2, 0.25) is 5.02 Å². The molecule has 0 bridgehead atoms. The van der Waals surface area contributed by atoms with Crippen LogP contribution in [0.1, 0.15) is 22.0 Å². The Kier molecular flexibility index (Phi) is 5.70. The number of pyridine rings is 2. The highest BCUT2D eigenvalue weighted by Gasteiger charge is 2.33. The highest BCUT2D eigenvalue weighted by molar-refractivity contribution is 6.32. The Balaban J connectivity index is 1.78. The van der Waals surface area contributed by atoms with Gasteiger partial charge in [0, 0.05) is 36.0 Å². The molecule has 8 nitrogen and oxygen atoms in total. The van der Waals surface area contributed by atoms with Gasteiger partial charge in [-0.1, -0.05) is 17.7 Å². The molecule has 1 aliphatic rings. The lowest BCUT2D eigenvalue weighted by Crippen LogP contribution is -2.35. The number of amides is 1. The van der Waals surface area contributed by atoms with Gasteiger partial charge in [0.1, 0.15) is 5.52 Å². The first kappa shape index (κ1) is 22.0. The lowest BCUT2D eigenvalue weighted by atomic mass is 9.97. The number of para-hydroxylation sites is 1. The van der Waals surface area contributed by atoms with Gasteiger partial charge in [-0.25, -0.2) is 4.98 Å². The second kappa shape index (κ2) is 8.83. The second-order valence-corrected chi connectivity index (χ2v) is 8.16. The van der Waals surface area contributed by atoms with Gasteiger partial charge < -0.3 is 25.1 Å². The largest absolute Gasteiger partial charge is 0.493 e. The first-order chi connectivity index (χ1) is 16.5. The number of rotatable bonds is 6. The van der Waals surface area contributed by atoms with Gasteiger partial charge >= 0.3 is 0 Å². The Morgan fingerprint density at radius 1 is 1.21 bits per heavy atom. The normalized spacial score (nSPS) is 15.1. The van der Waals surface area contributed by atoms with Crippen LogP contribution in [0.4, 0.5) is 15.8 Å². The van der Waals surface area contributed by atoms with Crippen LogP contribution in [0, 0.1) is 0 Å². The third kappa shape index (κ3) is 3.58. The maximum absolute atomic E-state index is 13.9. The number of carbonyl (C=O) groups is 1. The Morgan fingerprint density at radius 3 is 2.82 bits per heavy atom. The molecule has 4 aromatic rings. The fourth-order valence-electron chi connectivity index (χ4n) is 4.20. The zero-order valence-corrected chi connectivity index (χ0v) is 19.2. The van der Waals surface area contributed by atoms with Crippen LogP contribution in [-0.2, 0) is 0 Å². The molecule has 3 N–H and O–H groups in total. The van der Waals surface area contributed by atoms with Crippen molar-refractivity contribution in [2.75, 3.05) is 32.8 Å². The van der Waals surface area contributed by atoms with Crippen LogP contribution in [-0.4, -0.2) is 48.3 Å². The van der Waals surface area contributed by atoms with Crippen molar-refractivity contribution in [3.05, 3.63) is 58.9 Å². The van der Waals surface area contributed by atoms with Gasteiger partial charge in [-0.05, 0) is 24.3 Å². The van der Waals surface area contributed by atoms with Crippen LogP contribution in [0.3, 0.4) is 0 Å². The van der Waals surface area contributed by atoms with E-state index in [1.54, 1.807) is 42.6 Å². The number of halogens is 2. The van der Waals surface area contributed by atoms with Gasteiger partial charge in [0.15, 0.2) is 5.75 Å². The number of H-pyrrole nitrogens is 1. The lowest BCUT2D eigenvalue weighted by molar-refractivity contribution is 0.0938. The summed E-state index contributed by atoms with van der Waals surface area (Å²) in [6.45, 7) is -0.429. The Morgan fingerprint density at radius 2 is 2.06 bits per heavy atom. The molecule has 34 heavy (non-hydrogen) atoms. The molecule has 3 aromatic heterocycles. The molecule has 4 heterocycles. The average molecular weight is 482 g/mol. The summed E-state index contributed by atoms with van der Waals surface area (Å²) >= 11 is 6.32. The SMILES string of the molecule is COc1ccc2nccc(-c3[nH]c4c(c3Nc3cccc(Cl)c3OC)C(=O)NC[C@@H]4CF)c2n1. The highest BCUT2D eigenvalue weighted by Crippen LogP contribution is 2.43. The summed E-state index contributed by atoms with van der Waals surface area (Å²) in [6, 6.07) is 10.6. The summed E-state index contributed by atoms with van der Waals surface area (Å²) in [5.74, 6) is 0.0135. The monoisotopic (exact) mass is 481 g/mol. The average Bonchev–Trinajstić information content (AvgIpc) is 3.23. The number of aromatic amines is 1. The number of alkyl halides is 1. The predicted molar refractivity (Wildman–Crippen MR) is 128 cm³/mol. The smallest absolute Gasteiger partial charge is 0.255 e. The number of carbonyl (C=O) groups excluding carboxylic acids is 1. The molecule has 0 aliphatic carbocycles. The Hall–Kier alpha value is -3.85. The minimum atomic E-state index is -0.629. The quantitative estimate of drug-likeness (QED) is 0.364. The van der Waals surface area contributed by atoms with E-state index < -0.39 is 12.6 Å². The summed E-state index contributed by atoms with van der Waals surface area (Å²) in [5.41, 5.74) is 4.31. The number of methoxy groups -OCH3 is 2. The van der Waals surface area contributed by atoms with E-state index in [1.807, 2.05) is 0 Å². The van der Waals surface area contributed by atoms with E-state index in [2.05, 4.69) is 25.6 Å². The number of anilines is 2. The van der Waals surface area contributed by atoms with E-state index in [9.17, 15) is 9.18 Å². The molecular formula is C24H21ClFN5O3. The minimum absolute atomic E-state index is 0.200. The zero-order valence-electron chi connectivity index (χ0n) is 18.4. The van der Waals surface area contributed by atoms with E-state index in [-0.39, 0.29) is 12.5 Å². The number of benzene rings is 1. The van der Waals surface area contributed by atoms with Crippen molar-refractivity contribution in [1.29, 1.82) is 0 Å². The van der Waals surface area contributed by atoms with Crippen molar-refractivity contribution in [3.8, 4) is 22.9 Å². The number of aromatic nitrogens is 3. The second-order valence-electron chi connectivity index (χ2n) is 7.75. The molecule has 0 fully saturated rings. The van der Waals surface area contributed by atoms with Crippen molar-refractivity contribution < 1.29 is 18.7 Å². The molecule has 0 saturated heterocycles. The van der Waals surface area contributed by atoms with Crippen molar-refractivity contribution >= 4 is 39.9 Å². The van der Waals surface area contributed by atoms with E-state index in [0.717, 1.165) is 0 Å². The van der Waals surface area contributed by atoms with E-state index >= 15 is 0 Å². The van der Waals surface area contributed by atoms with Gasteiger partial charge in [0.25, 0.3) is 5.91 Å². The maximum Gasteiger partial charge on any atom is 0.255 e. The van der Waals surface area contributed by atoms with Crippen LogP contribution in [0.25, 0.3) is 22.3 Å². The molecule has 10 heteroatoms. The van der Waals surface area contributed by atoms with Crippen molar-refractivity contribution in [1.82, 2.24) is 20.3 Å². The van der Waals surface area contributed by atoms with Crippen LogP contribution in [0.5, 0.6) is 11.6 Å². The molecule has 0 unspecified atom stereocenters. The fourth-order valence-corrected chi connectivity index (χ4v) is 4.45. The lowest BCUT2D eigenvalue weighted by Gasteiger charge is -2.21. The molecular weight excluding hydrogens is 461 g/mol. The van der Waals surface area contributed by atoms with Gasteiger partial charge in [-0.3, -0.25) is 14.2 Å². The Labute approximate surface area is 199 Å². The third-order valence-electron chi connectivity index (χ3n) is 5.83. The number of hydrogen-bond acceptors (Lipinski definition) is 6. The van der Waals surface area contributed by atoms with Gasteiger partial charge in [-0.2, -0.15) is 0 Å². The molecule has 0 spiro atoms. The molecule has 174 valence electrons. The number of hydrogen-bond donors (Lipinski definition) is 3. The first-order valence-corrected chi connectivity index (χ1v) is 10.9. The Bertz CT molecular complexity index is 1410. The van der Waals surface area contributed by atoms with Gasteiger partial charge in [0.2, 0.25) is 5.88 Å². The minimum Gasteiger partial charge on any atom is -0.493 e. The summed E-state index contributed by atoms with van der Waals surface area (Å²) in [4.78, 5) is 25.3.